The summed E-state index contributed by atoms with van der Waals surface area (Å²) < 4.78 is 4.74. The molecule has 0 bridgehead atoms. The molecule has 0 saturated carbocycles. The van der Waals surface area contributed by atoms with Gasteiger partial charge in [0.2, 0.25) is 0 Å². The van der Waals surface area contributed by atoms with Crippen molar-refractivity contribution in [2.75, 3.05) is 12.3 Å². The van der Waals surface area contributed by atoms with Gasteiger partial charge in [0, 0.05) is 17.8 Å². The topological polar surface area (TPSA) is 65.2 Å². The summed E-state index contributed by atoms with van der Waals surface area (Å²) in [6.07, 6.45) is 4.37. The van der Waals surface area contributed by atoms with Crippen molar-refractivity contribution in [2.45, 2.75) is 13.8 Å². The van der Waals surface area contributed by atoms with Gasteiger partial charge < -0.3 is 10.5 Å². The van der Waals surface area contributed by atoms with Crippen molar-refractivity contribution in [1.29, 1.82) is 0 Å². The molecule has 0 aliphatic rings. The van der Waals surface area contributed by atoms with E-state index in [0.29, 0.717) is 17.2 Å². The number of nitrogens with two attached hydrogens (primary N) is 1. The number of halogens is 1. The number of hydrogen-bond acceptors (Lipinski definition) is 4. The van der Waals surface area contributed by atoms with Crippen LogP contribution in [-0.4, -0.2) is 17.6 Å². The maximum absolute atomic E-state index is 11.1. The highest BCUT2D eigenvalue weighted by molar-refractivity contribution is 6.33. The second-order valence-electron chi connectivity index (χ2n) is 3.14. The Balaban J connectivity index is 2.97. The van der Waals surface area contributed by atoms with Crippen molar-refractivity contribution in [1.82, 2.24) is 4.98 Å². The van der Waals surface area contributed by atoms with E-state index >= 15 is 0 Å². The van der Waals surface area contributed by atoms with E-state index in [1.165, 1.54) is 12.2 Å². The average Bonchev–Trinajstić information content (AvgIpc) is 2.24. The van der Waals surface area contributed by atoms with E-state index in [4.69, 9.17) is 22.1 Å². The Morgan fingerprint density at radius 1 is 1.69 bits per heavy atom. The van der Waals surface area contributed by atoms with Crippen LogP contribution in [0, 0.1) is 6.92 Å². The minimum absolute atomic E-state index is 0.288. The number of hydrogen-bond donors (Lipinski definition) is 1. The van der Waals surface area contributed by atoms with Gasteiger partial charge in [0.1, 0.15) is 5.82 Å². The molecule has 0 atom stereocenters. The van der Waals surface area contributed by atoms with Crippen LogP contribution in [-0.2, 0) is 9.53 Å². The molecule has 0 spiro atoms. The molecule has 0 aliphatic heterocycles. The van der Waals surface area contributed by atoms with Gasteiger partial charge in [-0.1, -0.05) is 11.6 Å². The molecule has 0 amide bonds. The third-order valence-electron chi connectivity index (χ3n) is 1.93. The molecule has 0 fully saturated rings. The van der Waals surface area contributed by atoms with E-state index in [1.54, 1.807) is 13.1 Å². The number of carbonyl (C=O) groups excluding carboxylic acids is 1. The molecular formula is C11H13ClN2O2. The van der Waals surface area contributed by atoms with Crippen LogP contribution in [0.3, 0.4) is 0 Å². The molecule has 1 aromatic heterocycles. The summed E-state index contributed by atoms with van der Waals surface area (Å²) in [5, 5.41) is 0.494. The van der Waals surface area contributed by atoms with Crippen molar-refractivity contribution in [3.63, 3.8) is 0 Å². The Labute approximate surface area is 99.1 Å². The van der Waals surface area contributed by atoms with Crippen LogP contribution >= 0.6 is 11.6 Å². The zero-order valence-corrected chi connectivity index (χ0v) is 9.91. The average molecular weight is 241 g/mol. The van der Waals surface area contributed by atoms with E-state index in [-0.39, 0.29) is 5.82 Å². The molecule has 16 heavy (non-hydrogen) atoms. The summed E-state index contributed by atoms with van der Waals surface area (Å²) >= 11 is 6.04. The quantitative estimate of drug-likeness (QED) is 0.650. The number of rotatable bonds is 3. The number of anilines is 1. The predicted octanol–water partition coefficient (Wildman–Crippen LogP) is 2.20. The molecule has 0 aromatic carbocycles. The summed E-state index contributed by atoms with van der Waals surface area (Å²) in [5.41, 5.74) is 6.99. The molecule has 4 nitrogen and oxygen atoms in total. The lowest BCUT2D eigenvalue weighted by Gasteiger charge is -2.04. The van der Waals surface area contributed by atoms with Crippen LogP contribution in [0.2, 0.25) is 5.02 Å². The van der Waals surface area contributed by atoms with Crippen LogP contribution in [0.15, 0.2) is 12.3 Å². The standard InChI is InChI=1S/C11H13ClN2O2/c1-3-16-9(15)5-4-8-10(12)7(2)6-14-11(8)13/h4-6H,3H2,1-2H3,(H2,13,14)/b5-4+. The minimum atomic E-state index is -0.431. The lowest BCUT2D eigenvalue weighted by molar-refractivity contribution is -0.137. The zero-order chi connectivity index (χ0) is 12.1. The molecule has 2 N–H and O–H groups in total. The van der Waals surface area contributed by atoms with Crippen molar-refractivity contribution < 1.29 is 9.53 Å². The SMILES string of the molecule is CCOC(=O)/C=C/c1c(N)ncc(C)c1Cl. The first kappa shape index (κ1) is 12.5. The molecule has 1 heterocycles. The van der Waals surface area contributed by atoms with Gasteiger partial charge in [-0.25, -0.2) is 9.78 Å². The largest absolute Gasteiger partial charge is 0.463 e. The second-order valence-corrected chi connectivity index (χ2v) is 3.52. The third-order valence-corrected chi connectivity index (χ3v) is 2.43. The highest BCUT2D eigenvalue weighted by Gasteiger charge is 2.06. The Hall–Kier alpha value is -1.55. The van der Waals surface area contributed by atoms with Crippen LogP contribution < -0.4 is 5.73 Å². The van der Waals surface area contributed by atoms with Crippen LogP contribution in [0.4, 0.5) is 5.82 Å². The fourth-order valence-corrected chi connectivity index (χ4v) is 1.33. The molecule has 86 valence electrons. The van der Waals surface area contributed by atoms with E-state index in [0.717, 1.165) is 5.56 Å². The number of esters is 1. The highest BCUT2D eigenvalue weighted by Crippen LogP contribution is 2.25. The van der Waals surface area contributed by atoms with Gasteiger partial charge in [-0.2, -0.15) is 0 Å². The molecule has 0 radical (unpaired) electrons. The fourth-order valence-electron chi connectivity index (χ4n) is 1.12. The van der Waals surface area contributed by atoms with Crippen LogP contribution in [0.5, 0.6) is 0 Å². The minimum Gasteiger partial charge on any atom is -0.463 e. The van der Waals surface area contributed by atoms with E-state index in [1.807, 2.05) is 6.92 Å². The van der Waals surface area contributed by atoms with Gasteiger partial charge in [-0.3, -0.25) is 0 Å². The highest BCUT2D eigenvalue weighted by atomic mass is 35.5. The molecule has 1 aromatic rings. The maximum atomic E-state index is 11.1. The molecule has 0 unspecified atom stereocenters. The van der Waals surface area contributed by atoms with Gasteiger partial charge in [-0.05, 0) is 25.5 Å². The summed E-state index contributed by atoms with van der Waals surface area (Å²) in [5.74, 6) is -0.143. The predicted molar refractivity (Wildman–Crippen MR) is 64.1 cm³/mol. The smallest absolute Gasteiger partial charge is 0.330 e. The lowest BCUT2D eigenvalue weighted by atomic mass is 10.2. The molecule has 1 rings (SSSR count). The number of nitrogen functional groups attached to an aromatic ring is 1. The van der Waals surface area contributed by atoms with Gasteiger partial charge in [0.05, 0.1) is 11.6 Å². The number of carbonyl (C=O) groups is 1. The van der Waals surface area contributed by atoms with Crippen molar-refractivity contribution in [3.8, 4) is 0 Å². The molecule has 5 heteroatoms. The van der Waals surface area contributed by atoms with Crippen LogP contribution in [0.25, 0.3) is 6.08 Å². The first-order chi connectivity index (χ1) is 7.56. The summed E-state index contributed by atoms with van der Waals surface area (Å²) in [4.78, 5) is 15.1. The fraction of sp³-hybridized carbons (Fsp3) is 0.273. The molecular weight excluding hydrogens is 228 g/mol. The number of aryl methyl sites for hydroxylation is 1. The monoisotopic (exact) mass is 240 g/mol. The van der Waals surface area contributed by atoms with Gasteiger partial charge in [-0.15, -0.1) is 0 Å². The summed E-state index contributed by atoms with van der Waals surface area (Å²) in [6, 6.07) is 0. The zero-order valence-electron chi connectivity index (χ0n) is 9.16. The molecule has 0 saturated heterocycles. The number of aromatic nitrogens is 1. The molecule has 0 aliphatic carbocycles. The normalized spacial score (nSPS) is 10.7. The van der Waals surface area contributed by atoms with Crippen molar-refractivity contribution in [2.24, 2.45) is 0 Å². The summed E-state index contributed by atoms with van der Waals surface area (Å²) in [7, 11) is 0. The Bertz CT molecular complexity index is 430. The number of nitrogens with zero attached hydrogens (tertiary/aromatic N) is 1. The number of pyridine rings is 1. The van der Waals surface area contributed by atoms with Crippen molar-refractivity contribution in [3.05, 3.63) is 28.4 Å². The van der Waals surface area contributed by atoms with Gasteiger partial charge in [0.25, 0.3) is 0 Å². The maximum Gasteiger partial charge on any atom is 0.330 e. The Morgan fingerprint density at radius 3 is 3.00 bits per heavy atom. The van der Waals surface area contributed by atoms with Crippen LogP contribution in [0.1, 0.15) is 18.1 Å². The van der Waals surface area contributed by atoms with E-state index in [9.17, 15) is 4.79 Å². The Morgan fingerprint density at radius 2 is 2.38 bits per heavy atom. The Kier molecular flexibility index (Phi) is 4.31. The third kappa shape index (κ3) is 2.97. The lowest BCUT2D eigenvalue weighted by Crippen LogP contribution is -2.00. The first-order valence-corrected chi connectivity index (χ1v) is 5.19. The van der Waals surface area contributed by atoms with Gasteiger partial charge in [0.15, 0.2) is 0 Å². The van der Waals surface area contributed by atoms with Gasteiger partial charge >= 0.3 is 5.97 Å². The van der Waals surface area contributed by atoms with E-state index in [2.05, 4.69) is 4.98 Å². The van der Waals surface area contributed by atoms with E-state index < -0.39 is 5.97 Å². The first-order valence-electron chi connectivity index (χ1n) is 4.81. The summed E-state index contributed by atoms with van der Waals surface area (Å²) in [6.45, 7) is 3.89. The number of ether oxygens (including phenoxy) is 1. The van der Waals surface area contributed by atoms with Crippen molar-refractivity contribution >= 4 is 29.5 Å². The second kappa shape index (κ2) is 5.51.